The Morgan fingerprint density at radius 2 is 1.10 bits per heavy atom. The summed E-state index contributed by atoms with van der Waals surface area (Å²) in [5, 5.41) is 7.16. The van der Waals surface area contributed by atoms with Crippen LogP contribution in [-0.2, 0) is 0 Å². The zero-order valence-corrected chi connectivity index (χ0v) is 26.9. The second kappa shape index (κ2) is 10.1. The fourth-order valence-corrected chi connectivity index (χ4v) is 8.89. The average molecular weight is 644 g/mol. The van der Waals surface area contributed by atoms with Gasteiger partial charge in [-0.05, 0) is 42.5 Å². The van der Waals surface area contributed by atoms with Gasteiger partial charge in [0.1, 0.15) is 11.2 Å². The summed E-state index contributed by atoms with van der Waals surface area (Å²) in [4.78, 5) is 10.3. The maximum Gasteiger partial charge on any atom is 0.145 e. The molecule has 0 unspecified atom stereocenters. The first-order chi connectivity index (χ1) is 24.3. The number of hydrogen-bond donors (Lipinski definition) is 0. The fraction of sp³-hybridized carbons (Fsp3) is 0. The van der Waals surface area contributed by atoms with Crippen molar-refractivity contribution in [3.8, 4) is 28.2 Å². The van der Waals surface area contributed by atoms with E-state index >= 15 is 0 Å². The molecule has 4 heterocycles. The summed E-state index contributed by atoms with van der Waals surface area (Å²) in [5.74, 6) is 0. The number of hydrogen-bond acceptors (Lipinski definition) is 4. The molecule has 0 saturated heterocycles. The van der Waals surface area contributed by atoms with Gasteiger partial charge in [0.15, 0.2) is 0 Å². The highest BCUT2D eigenvalue weighted by Crippen LogP contribution is 2.50. The fourth-order valence-electron chi connectivity index (χ4n) is 7.65. The maximum atomic E-state index is 6.73. The lowest BCUT2D eigenvalue weighted by Gasteiger charge is -2.13. The molecule has 49 heavy (non-hydrogen) atoms. The maximum absolute atomic E-state index is 6.73. The second-order valence-electron chi connectivity index (χ2n) is 12.5. The lowest BCUT2D eigenvalue weighted by molar-refractivity contribution is 0.673. The Hall–Kier alpha value is -6.30. The van der Waals surface area contributed by atoms with E-state index in [1.807, 2.05) is 41.7 Å². The predicted molar refractivity (Wildman–Crippen MR) is 205 cm³/mol. The van der Waals surface area contributed by atoms with Crippen LogP contribution < -0.4 is 0 Å². The predicted octanol–water partition coefficient (Wildman–Crippen LogP) is 12.3. The number of fused-ring (bicyclic) bond motifs is 13. The second-order valence-corrected chi connectivity index (χ2v) is 13.6. The molecule has 0 N–H and O–H groups in total. The molecule has 11 aromatic rings. The average Bonchev–Trinajstić information content (AvgIpc) is 3.84. The van der Waals surface area contributed by atoms with Crippen LogP contribution in [0.4, 0.5) is 0 Å². The van der Waals surface area contributed by atoms with E-state index < -0.39 is 0 Å². The molecule has 4 aromatic heterocycles. The minimum Gasteiger partial charge on any atom is -0.455 e. The third-order valence-corrected chi connectivity index (χ3v) is 11.0. The molecule has 7 aromatic carbocycles. The minimum atomic E-state index is 0.872. The minimum absolute atomic E-state index is 0.872. The first-order valence-electron chi connectivity index (χ1n) is 16.4. The summed E-state index contributed by atoms with van der Waals surface area (Å²) in [6.45, 7) is 0. The zero-order valence-electron chi connectivity index (χ0n) is 26.1. The summed E-state index contributed by atoms with van der Waals surface area (Å²) >= 11 is 1.84. The summed E-state index contributed by atoms with van der Waals surface area (Å²) in [6.07, 6.45) is 0. The number of nitrogens with zero attached hydrogens (tertiary/aromatic N) is 3. The number of furan rings is 1. The highest BCUT2D eigenvalue weighted by molar-refractivity contribution is 7.27. The van der Waals surface area contributed by atoms with E-state index in [9.17, 15) is 0 Å². The Morgan fingerprint density at radius 3 is 1.88 bits per heavy atom. The molecular weight excluding hydrogens is 619 g/mol. The van der Waals surface area contributed by atoms with Crippen molar-refractivity contribution >= 4 is 86.3 Å². The largest absolute Gasteiger partial charge is 0.455 e. The van der Waals surface area contributed by atoms with E-state index in [-0.39, 0.29) is 0 Å². The molecule has 228 valence electrons. The topological polar surface area (TPSA) is 43.9 Å². The normalized spacial score (nSPS) is 12.1. The van der Waals surface area contributed by atoms with E-state index in [4.69, 9.17) is 14.4 Å². The molecule has 4 nitrogen and oxygen atoms in total. The van der Waals surface area contributed by atoms with Gasteiger partial charge in [0.2, 0.25) is 0 Å². The molecule has 0 bridgehead atoms. The molecule has 0 amide bonds. The molecule has 0 spiro atoms. The number of para-hydroxylation sites is 4. The Balaban J connectivity index is 1.22. The van der Waals surface area contributed by atoms with Gasteiger partial charge < -0.3 is 8.98 Å². The van der Waals surface area contributed by atoms with E-state index in [0.29, 0.717) is 0 Å². The van der Waals surface area contributed by atoms with Crippen LogP contribution in [0.3, 0.4) is 0 Å². The third-order valence-electron chi connectivity index (χ3n) is 9.77. The van der Waals surface area contributed by atoms with Crippen LogP contribution in [0.2, 0.25) is 0 Å². The van der Waals surface area contributed by atoms with Crippen LogP contribution in [0.25, 0.3) is 103 Å². The molecule has 0 aliphatic heterocycles. The van der Waals surface area contributed by atoms with Crippen LogP contribution in [0.15, 0.2) is 156 Å². The molecule has 0 fully saturated rings. The number of aromatic nitrogens is 3. The van der Waals surface area contributed by atoms with Crippen molar-refractivity contribution in [2.75, 3.05) is 0 Å². The molecule has 0 aliphatic rings. The zero-order chi connectivity index (χ0) is 32.1. The molecular formula is C44H25N3OS. The molecule has 0 saturated carbocycles. The van der Waals surface area contributed by atoms with Gasteiger partial charge in [0, 0.05) is 53.8 Å². The Morgan fingerprint density at radius 1 is 0.490 bits per heavy atom. The van der Waals surface area contributed by atoms with Crippen LogP contribution in [-0.4, -0.2) is 14.5 Å². The van der Waals surface area contributed by atoms with Crippen molar-refractivity contribution in [3.63, 3.8) is 0 Å². The molecule has 5 heteroatoms. The van der Waals surface area contributed by atoms with E-state index in [1.54, 1.807) is 0 Å². The monoisotopic (exact) mass is 643 g/mol. The number of benzene rings is 7. The molecule has 11 rings (SSSR count). The molecule has 0 radical (unpaired) electrons. The van der Waals surface area contributed by atoms with E-state index in [2.05, 4.69) is 126 Å². The van der Waals surface area contributed by atoms with Crippen molar-refractivity contribution in [2.45, 2.75) is 0 Å². The van der Waals surface area contributed by atoms with Crippen molar-refractivity contribution in [1.82, 2.24) is 14.5 Å². The van der Waals surface area contributed by atoms with Gasteiger partial charge in [-0.1, -0.05) is 109 Å². The van der Waals surface area contributed by atoms with Gasteiger partial charge in [0.05, 0.1) is 38.2 Å². The quantitative estimate of drug-likeness (QED) is 0.192. The molecule has 0 atom stereocenters. The lowest BCUT2D eigenvalue weighted by Crippen LogP contribution is -1.97. The number of thiophene rings is 1. The van der Waals surface area contributed by atoms with Crippen LogP contribution in [0.5, 0.6) is 0 Å². The Bertz CT molecular complexity index is 3100. The Labute approximate surface area is 284 Å². The van der Waals surface area contributed by atoms with Gasteiger partial charge in [-0.15, -0.1) is 11.3 Å². The van der Waals surface area contributed by atoms with Crippen molar-refractivity contribution in [1.29, 1.82) is 0 Å². The highest BCUT2D eigenvalue weighted by Gasteiger charge is 2.25. The van der Waals surface area contributed by atoms with Crippen molar-refractivity contribution in [3.05, 3.63) is 152 Å². The van der Waals surface area contributed by atoms with Gasteiger partial charge >= 0.3 is 0 Å². The van der Waals surface area contributed by atoms with Gasteiger partial charge in [-0.25, -0.2) is 9.97 Å². The molecule has 0 aliphatic carbocycles. The van der Waals surface area contributed by atoms with Crippen molar-refractivity contribution in [2.24, 2.45) is 0 Å². The lowest BCUT2D eigenvalue weighted by atomic mass is 10.0. The van der Waals surface area contributed by atoms with Crippen LogP contribution >= 0.6 is 11.3 Å². The SMILES string of the molecule is c1ccc(-c2nc3ccccc3nc2-c2ccc(-n3c4ccccc4c4c5c6ccccc6oc5c5c6ccccc6sc5c43)cc2)cc1. The summed E-state index contributed by atoms with van der Waals surface area (Å²) in [7, 11) is 0. The van der Waals surface area contributed by atoms with E-state index in [0.717, 1.165) is 61.3 Å². The summed E-state index contributed by atoms with van der Waals surface area (Å²) in [6, 6.07) is 53.2. The smallest absolute Gasteiger partial charge is 0.145 e. The highest BCUT2D eigenvalue weighted by atomic mass is 32.1. The van der Waals surface area contributed by atoms with Crippen LogP contribution in [0, 0.1) is 0 Å². The number of rotatable bonds is 3. The van der Waals surface area contributed by atoms with Crippen LogP contribution in [0.1, 0.15) is 0 Å². The summed E-state index contributed by atoms with van der Waals surface area (Å²) in [5.41, 5.74) is 10.9. The third kappa shape index (κ3) is 3.79. The first kappa shape index (κ1) is 26.7. The first-order valence-corrected chi connectivity index (χ1v) is 17.2. The Kier molecular flexibility index (Phi) is 5.51. The standard InChI is InChI=1S/C44H25N3OS/c1-2-12-26(13-3-1)40-41(46-33-18-8-7-17-32(33)45-40)27-22-24-28(25-23-27)47-34-19-9-4-14-29(34)37-38-30-15-5-10-20-35(30)48-43(38)39-31-16-6-11-21-36(31)49-44(39)42(37)47/h1-25H. The van der Waals surface area contributed by atoms with Gasteiger partial charge in [-0.3, -0.25) is 0 Å². The summed E-state index contributed by atoms with van der Waals surface area (Å²) < 4.78 is 11.7. The van der Waals surface area contributed by atoms with Crippen molar-refractivity contribution < 1.29 is 4.42 Å². The van der Waals surface area contributed by atoms with Gasteiger partial charge in [-0.2, -0.15) is 0 Å². The van der Waals surface area contributed by atoms with E-state index in [1.165, 1.54) is 41.8 Å². The van der Waals surface area contributed by atoms with Gasteiger partial charge in [0.25, 0.3) is 0 Å².